The van der Waals surface area contributed by atoms with Crippen LogP contribution in [0.2, 0.25) is 5.15 Å². The third-order valence-electron chi connectivity index (χ3n) is 3.83. The zero-order valence-electron chi connectivity index (χ0n) is 10.8. The normalized spacial score (nSPS) is 23.1. The predicted molar refractivity (Wildman–Crippen MR) is 74.1 cm³/mol. The van der Waals surface area contributed by atoms with Crippen LogP contribution >= 0.6 is 11.6 Å². The van der Waals surface area contributed by atoms with Crippen molar-refractivity contribution in [2.45, 2.75) is 25.7 Å². The van der Waals surface area contributed by atoms with Crippen molar-refractivity contribution in [2.75, 3.05) is 13.2 Å². The zero-order chi connectivity index (χ0) is 13.7. The number of rotatable bonds is 4. The first-order valence-corrected chi connectivity index (χ1v) is 7.09. The van der Waals surface area contributed by atoms with Crippen molar-refractivity contribution in [3.8, 4) is 0 Å². The molecule has 19 heavy (non-hydrogen) atoms. The number of nitrogens with one attached hydrogen (secondary N) is 1. The molecule has 2 N–H and O–H groups in total. The van der Waals surface area contributed by atoms with E-state index < -0.39 is 0 Å². The van der Waals surface area contributed by atoms with E-state index in [2.05, 4.69) is 10.3 Å². The van der Waals surface area contributed by atoms with Crippen LogP contribution in [0.25, 0.3) is 0 Å². The molecule has 1 aromatic rings. The minimum atomic E-state index is -0.194. The fourth-order valence-electron chi connectivity index (χ4n) is 2.67. The van der Waals surface area contributed by atoms with Crippen LogP contribution in [0.4, 0.5) is 0 Å². The lowest BCUT2D eigenvalue weighted by Gasteiger charge is -2.30. The number of carbonyl (C=O) groups is 1. The number of aliphatic hydroxyl groups excluding tert-OH is 1. The van der Waals surface area contributed by atoms with E-state index in [1.54, 1.807) is 18.3 Å². The molecule has 1 aliphatic rings. The van der Waals surface area contributed by atoms with Crippen LogP contribution in [0, 0.1) is 11.8 Å². The highest BCUT2D eigenvalue weighted by molar-refractivity contribution is 6.32. The fourth-order valence-corrected chi connectivity index (χ4v) is 2.87. The van der Waals surface area contributed by atoms with Crippen LogP contribution in [0.1, 0.15) is 36.0 Å². The maximum Gasteiger partial charge on any atom is 0.254 e. The highest BCUT2D eigenvalue weighted by atomic mass is 35.5. The first kappa shape index (κ1) is 14.3. The van der Waals surface area contributed by atoms with Gasteiger partial charge in [-0.05, 0) is 36.8 Å². The lowest BCUT2D eigenvalue weighted by molar-refractivity contribution is 0.0909. The number of nitrogens with zero attached hydrogens (tertiary/aromatic N) is 1. The Morgan fingerprint density at radius 3 is 2.84 bits per heavy atom. The van der Waals surface area contributed by atoms with E-state index in [1.165, 1.54) is 12.8 Å². The maximum atomic E-state index is 12.0. The molecule has 5 heteroatoms. The second-order valence-electron chi connectivity index (χ2n) is 5.04. The van der Waals surface area contributed by atoms with E-state index in [0.717, 1.165) is 12.8 Å². The number of aliphatic hydroxyl groups is 1. The van der Waals surface area contributed by atoms with Crippen molar-refractivity contribution in [1.29, 1.82) is 0 Å². The molecule has 0 aromatic carbocycles. The number of carbonyl (C=O) groups excluding carboxylic acids is 1. The Hall–Kier alpha value is -1.13. The van der Waals surface area contributed by atoms with Gasteiger partial charge < -0.3 is 10.4 Å². The highest BCUT2D eigenvalue weighted by Gasteiger charge is 2.25. The summed E-state index contributed by atoms with van der Waals surface area (Å²) in [5, 5.41) is 12.5. The second kappa shape index (κ2) is 6.87. The average molecular weight is 283 g/mol. The molecule has 1 aliphatic carbocycles. The smallest absolute Gasteiger partial charge is 0.254 e. The summed E-state index contributed by atoms with van der Waals surface area (Å²) in [5.41, 5.74) is 0.403. The van der Waals surface area contributed by atoms with E-state index in [-0.39, 0.29) is 17.7 Å². The number of halogens is 1. The molecule has 2 atom stereocenters. The molecule has 1 saturated carbocycles. The Labute approximate surface area is 118 Å². The first-order chi connectivity index (χ1) is 9.22. The van der Waals surface area contributed by atoms with Crippen molar-refractivity contribution in [2.24, 2.45) is 11.8 Å². The number of hydrogen-bond donors (Lipinski definition) is 2. The fraction of sp³-hybridized carbons (Fsp3) is 0.571. The number of amides is 1. The molecule has 2 unspecified atom stereocenters. The number of pyridine rings is 1. The summed E-state index contributed by atoms with van der Waals surface area (Å²) in [6.45, 7) is 0.795. The second-order valence-corrected chi connectivity index (χ2v) is 5.40. The molecule has 0 radical (unpaired) electrons. The minimum absolute atomic E-state index is 0.194. The minimum Gasteiger partial charge on any atom is -0.396 e. The summed E-state index contributed by atoms with van der Waals surface area (Å²) < 4.78 is 0. The highest BCUT2D eigenvalue weighted by Crippen LogP contribution is 2.29. The molecule has 0 aliphatic heterocycles. The average Bonchev–Trinajstić information content (AvgIpc) is 2.45. The van der Waals surface area contributed by atoms with E-state index in [1.807, 2.05) is 0 Å². The number of aromatic nitrogens is 1. The lowest BCUT2D eigenvalue weighted by atomic mass is 9.79. The Balaban J connectivity index is 1.91. The van der Waals surface area contributed by atoms with Crippen molar-refractivity contribution in [1.82, 2.24) is 10.3 Å². The van der Waals surface area contributed by atoms with Gasteiger partial charge in [0.25, 0.3) is 5.91 Å². The van der Waals surface area contributed by atoms with Gasteiger partial charge in [0.15, 0.2) is 0 Å². The van der Waals surface area contributed by atoms with E-state index in [9.17, 15) is 9.90 Å². The lowest BCUT2D eigenvalue weighted by Crippen LogP contribution is -2.35. The zero-order valence-corrected chi connectivity index (χ0v) is 11.6. The van der Waals surface area contributed by atoms with Gasteiger partial charge >= 0.3 is 0 Å². The van der Waals surface area contributed by atoms with Crippen molar-refractivity contribution in [3.05, 3.63) is 29.0 Å². The molecule has 1 amide bonds. The molecule has 4 nitrogen and oxygen atoms in total. The topological polar surface area (TPSA) is 62.2 Å². The van der Waals surface area contributed by atoms with Gasteiger partial charge in [-0.2, -0.15) is 0 Å². The summed E-state index contributed by atoms with van der Waals surface area (Å²) in [6, 6.07) is 3.35. The van der Waals surface area contributed by atoms with Crippen LogP contribution in [-0.2, 0) is 0 Å². The number of hydrogen-bond acceptors (Lipinski definition) is 3. The van der Waals surface area contributed by atoms with Gasteiger partial charge in [-0.3, -0.25) is 4.79 Å². The van der Waals surface area contributed by atoms with Crippen LogP contribution in [0.15, 0.2) is 18.3 Å². The van der Waals surface area contributed by atoms with Gasteiger partial charge in [-0.1, -0.05) is 24.4 Å². The Kier molecular flexibility index (Phi) is 5.16. The third kappa shape index (κ3) is 3.67. The molecular weight excluding hydrogens is 264 g/mol. The summed E-state index contributed by atoms with van der Waals surface area (Å²) in [7, 11) is 0. The maximum absolute atomic E-state index is 12.0. The molecule has 104 valence electrons. The van der Waals surface area contributed by atoms with Crippen LogP contribution in [0.3, 0.4) is 0 Å². The molecule has 2 rings (SSSR count). The molecule has 0 saturated heterocycles. The standard InChI is InChI=1S/C14H19ClN2O2/c15-13-12(6-3-7-16-13)14(19)17-8-10-4-1-2-5-11(10)9-18/h3,6-7,10-11,18H,1-2,4-5,8-9H2,(H,17,19). The Bertz CT molecular complexity index is 439. The predicted octanol–water partition coefficient (Wildman–Crippen LogP) is 2.26. The largest absolute Gasteiger partial charge is 0.396 e. The quantitative estimate of drug-likeness (QED) is 0.833. The van der Waals surface area contributed by atoms with E-state index in [4.69, 9.17) is 11.6 Å². The van der Waals surface area contributed by atoms with Crippen molar-refractivity contribution < 1.29 is 9.90 Å². The van der Waals surface area contributed by atoms with Gasteiger partial charge in [-0.25, -0.2) is 4.98 Å². The monoisotopic (exact) mass is 282 g/mol. The van der Waals surface area contributed by atoms with Gasteiger partial charge in [0, 0.05) is 19.3 Å². The molecule has 1 fully saturated rings. The van der Waals surface area contributed by atoms with Gasteiger partial charge in [0.05, 0.1) is 5.56 Å². The molecular formula is C14H19ClN2O2. The van der Waals surface area contributed by atoms with Crippen molar-refractivity contribution >= 4 is 17.5 Å². The van der Waals surface area contributed by atoms with Gasteiger partial charge in [0.1, 0.15) is 5.15 Å². The summed E-state index contributed by atoms with van der Waals surface area (Å²) in [5.74, 6) is 0.469. The Morgan fingerprint density at radius 2 is 2.16 bits per heavy atom. The van der Waals surface area contributed by atoms with Gasteiger partial charge in [-0.15, -0.1) is 0 Å². The Morgan fingerprint density at radius 1 is 1.42 bits per heavy atom. The summed E-state index contributed by atoms with van der Waals surface area (Å²) >= 11 is 5.88. The van der Waals surface area contributed by atoms with E-state index >= 15 is 0 Å². The molecule has 0 spiro atoms. The SMILES string of the molecule is O=C(NCC1CCCCC1CO)c1cccnc1Cl. The molecule has 0 bridgehead atoms. The molecule has 1 aromatic heterocycles. The summed E-state index contributed by atoms with van der Waals surface area (Å²) in [4.78, 5) is 15.9. The first-order valence-electron chi connectivity index (χ1n) is 6.72. The van der Waals surface area contributed by atoms with Crippen molar-refractivity contribution in [3.63, 3.8) is 0 Å². The summed E-state index contributed by atoms with van der Waals surface area (Å²) in [6.07, 6.45) is 6.01. The molecule has 1 heterocycles. The van der Waals surface area contributed by atoms with Gasteiger partial charge in [0.2, 0.25) is 0 Å². The third-order valence-corrected chi connectivity index (χ3v) is 4.13. The van der Waals surface area contributed by atoms with Crippen LogP contribution in [0.5, 0.6) is 0 Å². The van der Waals surface area contributed by atoms with Crippen LogP contribution in [-0.4, -0.2) is 29.1 Å². The van der Waals surface area contributed by atoms with Crippen LogP contribution < -0.4 is 5.32 Å². The van der Waals surface area contributed by atoms with E-state index in [0.29, 0.717) is 23.9 Å².